The van der Waals surface area contributed by atoms with E-state index in [-0.39, 0.29) is 11.6 Å². The Morgan fingerprint density at radius 3 is 1.67 bits per heavy atom. The Morgan fingerprint density at radius 1 is 0.861 bits per heavy atom. The minimum Gasteiger partial charge on any atom is -0.451 e. The second kappa shape index (κ2) is 10.5. The lowest BCUT2D eigenvalue weighted by Crippen LogP contribution is -2.52. The Balaban J connectivity index is 1.97. The van der Waals surface area contributed by atoms with E-state index in [1.807, 2.05) is 0 Å². The molecule has 0 aliphatic carbocycles. The van der Waals surface area contributed by atoms with Crippen LogP contribution in [0.4, 0.5) is 0 Å². The van der Waals surface area contributed by atoms with Gasteiger partial charge >= 0.3 is 11.9 Å². The van der Waals surface area contributed by atoms with E-state index in [2.05, 4.69) is 33.9 Å². The molecule has 3 rings (SSSR count). The molecule has 8 heteroatoms. The van der Waals surface area contributed by atoms with Crippen molar-refractivity contribution >= 4 is 20.3 Å². The van der Waals surface area contributed by atoms with Crippen LogP contribution >= 0.6 is 0 Å². The molecule has 0 spiro atoms. The van der Waals surface area contributed by atoms with Crippen LogP contribution in [0, 0.1) is 0 Å². The van der Waals surface area contributed by atoms with Gasteiger partial charge < -0.3 is 23.7 Å². The normalized spacial score (nSPS) is 26.4. The summed E-state index contributed by atoms with van der Waals surface area (Å²) in [7, 11) is -2.21. The van der Waals surface area contributed by atoms with E-state index in [9.17, 15) is 14.7 Å². The Bertz CT molecular complexity index is 1050. The van der Waals surface area contributed by atoms with E-state index in [1.54, 1.807) is 74.5 Å². The zero-order chi connectivity index (χ0) is 26.8. The number of benzene rings is 2. The fraction of sp³-hybridized carbons (Fsp3) is 0.500. The van der Waals surface area contributed by atoms with Gasteiger partial charge in [0.2, 0.25) is 0 Å². The van der Waals surface area contributed by atoms with Crippen molar-refractivity contribution in [2.45, 2.75) is 76.2 Å². The largest absolute Gasteiger partial charge is 0.451 e. The fourth-order valence-corrected chi connectivity index (χ4v) is 5.03. The molecule has 1 saturated heterocycles. The van der Waals surface area contributed by atoms with Crippen molar-refractivity contribution in [3.8, 4) is 0 Å². The first-order chi connectivity index (χ1) is 16.7. The van der Waals surface area contributed by atoms with Gasteiger partial charge in [0.15, 0.2) is 20.5 Å². The molecule has 2 aromatic rings. The number of hydrogen-bond acceptors (Lipinski definition) is 7. The highest BCUT2D eigenvalue weighted by atomic mass is 28.4. The van der Waals surface area contributed by atoms with Gasteiger partial charge in [0.05, 0.1) is 24.3 Å². The average Bonchev–Trinajstić information content (AvgIpc) is 3.05. The van der Waals surface area contributed by atoms with Crippen molar-refractivity contribution < 1.29 is 33.3 Å². The highest BCUT2D eigenvalue weighted by Gasteiger charge is 2.63. The quantitative estimate of drug-likeness (QED) is 0.392. The zero-order valence-corrected chi connectivity index (χ0v) is 23.2. The topological polar surface area (TPSA) is 91.3 Å². The molecule has 36 heavy (non-hydrogen) atoms. The smallest absolute Gasteiger partial charge is 0.338 e. The predicted molar refractivity (Wildman–Crippen MR) is 139 cm³/mol. The van der Waals surface area contributed by atoms with Gasteiger partial charge in [-0.2, -0.15) is 0 Å². The molecule has 1 aliphatic rings. The molecule has 0 bridgehead atoms. The average molecular weight is 515 g/mol. The first kappa shape index (κ1) is 28.1. The maximum atomic E-state index is 13.1. The SMILES string of the molecule is CC(C)(C)[Si](C)(C)OC[C@@]1(C)O[C@@](C)(CO)[C@H](OC(=O)c2ccccc2)[C@@H]1OC(=O)c1ccccc1. The molecule has 196 valence electrons. The summed E-state index contributed by atoms with van der Waals surface area (Å²) in [6.45, 7) is 13.7. The van der Waals surface area contributed by atoms with Crippen molar-refractivity contribution in [3.05, 3.63) is 71.8 Å². The molecule has 0 radical (unpaired) electrons. The van der Waals surface area contributed by atoms with Crippen LogP contribution in [0.1, 0.15) is 55.3 Å². The zero-order valence-electron chi connectivity index (χ0n) is 22.2. The van der Waals surface area contributed by atoms with Gasteiger partial charge in [0.25, 0.3) is 0 Å². The number of ether oxygens (including phenoxy) is 3. The van der Waals surface area contributed by atoms with E-state index in [0.717, 1.165) is 0 Å². The van der Waals surface area contributed by atoms with Crippen molar-refractivity contribution in [2.24, 2.45) is 0 Å². The number of carbonyl (C=O) groups excluding carboxylic acids is 2. The molecule has 0 amide bonds. The standard InChI is InChI=1S/C28H38O7Si/c1-26(2,3)36(6,7)32-19-28(5)23(34-25(31)21-16-12-9-13-17-21)22(27(4,18-29)35-28)33-24(30)20-14-10-8-11-15-20/h8-17,22-23,29H,18-19H2,1-7H3/t22-,23+,27+,28-/m1/s1. The van der Waals surface area contributed by atoms with E-state index in [0.29, 0.717) is 11.1 Å². The maximum Gasteiger partial charge on any atom is 0.338 e. The van der Waals surface area contributed by atoms with Crippen molar-refractivity contribution in [2.75, 3.05) is 13.2 Å². The van der Waals surface area contributed by atoms with Crippen LogP contribution in [0.3, 0.4) is 0 Å². The summed E-state index contributed by atoms with van der Waals surface area (Å²) >= 11 is 0. The molecule has 0 aromatic heterocycles. The van der Waals surface area contributed by atoms with Gasteiger partial charge in [-0.1, -0.05) is 57.2 Å². The van der Waals surface area contributed by atoms with Gasteiger partial charge in [-0.25, -0.2) is 9.59 Å². The summed E-state index contributed by atoms with van der Waals surface area (Å²) < 4.78 is 24.8. The fourth-order valence-electron chi connectivity index (χ4n) is 3.95. The van der Waals surface area contributed by atoms with Crippen molar-refractivity contribution in [1.29, 1.82) is 0 Å². The summed E-state index contributed by atoms with van der Waals surface area (Å²) in [5.41, 5.74) is -1.80. The van der Waals surface area contributed by atoms with Gasteiger partial charge in [-0.05, 0) is 56.2 Å². The van der Waals surface area contributed by atoms with Gasteiger partial charge in [-0.3, -0.25) is 0 Å². The number of aliphatic hydroxyl groups excluding tert-OH is 1. The molecule has 7 nitrogen and oxygen atoms in total. The summed E-state index contributed by atoms with van der Waals surface area (Å²) in [5.74, 6) is -1.18. The lowest BCUT2D eigenvalue weighted by molar-refractivity contribution is -0.148. The molecule has 2 aromatic carbocycles. The highest BCUT2D eigenvalue weighted by molar-refractivity contribution is 6.74. The predicted octanol–water partition coefficient (Wildman–Crippen LogP) is 5.00. The Labute approximate surface area is 214 Å². The number of esters is 2. The third-order valence-electron chi connectivity index (χ3n) is 7.27. The third kappa shape index (κ3) is 5.89. The summed E-state index contributed by atoms with van der Waals surface area (Å²) in [6, 6.07) is 17.1. The molecule has 1 aliphatic heterocycles. The molecule has 0 unspecified atom stereocenters. The first-order valence-electron chi connectivity index (χ1n) is 12.2. The molecule has 1 N–H and O–H groups in total. The molecular weight excluding hydrogens is 476 g/mol. The highest BCUT2D eigenvalue weighted by Crippen LogP contribution is 2.44. The second-order valence-corrected chi connectivity index (χ2v) is 16.1. The van der Waals surface area contributed by atoms with Gasteiger partial charge in [0, 0.05) is 0 Å². The van der Waals surface area contributed by atoms with E-state index >= 15 is 0 Å². The number of carbonyl (C=O) groups is 2. The third-order valence-corrected chi connectivity index (χ3v) is 11.8. The van der Waals surface area contributed by atoms with Crippen LogP contribution in [-0.4, -0.2) is 62.0 Å². The van der Waals surface area contributed by atoms with Crippen LogP contribution < -0.4 is 0 Å². The van der Waals surface area contributed by atoms with Gasteiger partial charge in [-0.15, -0.1) is 0 Å². The Kier molecular flexibility index (Phi) is 8.15. The summed E-state index contributed by atoms with van der Waals surface area (Å²) in [5, 5.41) is 10.3. The molecule has 1 heterocycles. The minimum atomic E-state index is -2.21. The molecular formula is C28H38O7Si. The van der Waals surface area contributed by atoms with Crippen LogP contribution in [0.25, 0.3) is 0 Å². The Hall–Kier alpha value is -2.52. The van der Waals surface area contributed by atoms with Crippen molar-refractivity contribution in [1.82, 2.24) is 0 Å². The summed E-state index contributed by atoms with van der Waals surface area (Å²) in [6.07, 6.45) is -2.10. The Morgan fingerprint density at radius 2 is 1.28 bits per heavy atom. The monoisotopic (exact) mass is 514 g/mol. The lowest BCUT2D eigenvalue weighted by Gasteiger charge is -2.40. The van der Waals surface area contributed by atoms with E-state index in [4.69, 9.17) is 18.6 Å². The maximum absolute atomic E-state index is 13.1. The molecule has 4 atom stereocenters. The lowest BCUT2D eigenvalue weighted by atomic mass is 9.92. The number of hydrogen-bond donors (Lipinski definition) is 1. The minimum absolute atomic E-state index is 0.0579. The first-order valence-corrected chi connectivity index (χ1v) is 15.1. The van der Waals surface area contributed by atoms with Crippen LogP contribution in [0.15, 0.2) is 60.7 Å². The molecule has 0 saturated carbocycles. The van der Waals surface area contributed by atoms with Gasteiger partial charge in [0.1, 0.15) is 11.2 Å². The molecule has 1 fully saturated rings. The van der Waals surface area contributed by atoms with E-state index in [1.165, 1.54) is 0 Å². The number of aliphatic hydroxyl groups is 1. The van der Waals surface area contributed by atoms with E-state index < -0.39 is 50.3 Å². The number of rotatable bonds is 8. The summed E-state index contributed by atoms with van der Waals surface area (Å²) in [4.78, 5) is 26.2. The van der Waals surface area contributed by atoms with Crippen molar-refractivity contribution in [3.63, 3.8) is 0 Å². The van der Waals surface area contributed by atoms with Crippen LogP contribution in [0.2, 0.25) is 18.1 Å². The second-order valence-electron chi connectivity index (χ2n) is 11.3. The van der Waals surface area contributed by atoms with Crippen LogP contribution in [0.5, 0.6) is 0 Å². The van der Waals surface area contributed by atoms with Crippen LogP contribution in [-0.2, 0) is 18.6 Å².